The number of rotatable bonds is 25. The van der Waals surface area contributed by atoms with E-state index >= 15 is 0 Å². The Hall–Kier alpha value is -1.80. The normalized spacial score (nSPS) is 11.7. The molecule has 0 aromatic carbocycles. The minimum absolute atomic E-state index is 1.20. The summed E-state index contributed by atoms with van der Waals surface area (Å²) in [6, 6.07) is 14.0. The van der Waals surface area contributed by atoms with Gasteiger partial charge in [0, 0.05) is 41.1 Å². The highest BCUT2D eigenvalue weighted by Crippen LogP contribution is 2.59. The summed E-state index contributed by atoms with van der Waals surface area (Å²) in [5.74, 6) is 0. The highest BCUT2D eigenvalue weighted by Gasteiger charge is 2.31. The van der Waals surface area contributed by atoms with Gasteiger partial charge in [-0.1, -0.05) is 123 Å². The minimum Gasteiger partial charge on any atom is -0.144 e. The number of aryl methyl sites for hydroxylation is 2. The first kappa shape index (κ1) is 41.8. The highest BCUT2D eigenvalue weighted by atomic mass is 32.1. The van der Waals surface area contributed by atoms with Gasteiger partial charge >= 0.3 is 0 Å². The molecule has 54 heavy (non-hydrogen) atoms. The second-order valence-corrected chi connectivity index (χ2v) is 20.8. The summed E-state index contributed by atoms with van der Waals surface area (Å²) < 4.78 is 0. The van der Waals surface area contributed by atoms with Crippen molar-refractivity contribution in [3.63, 3.8) is 0 Å². The van der Waals surface area contributed by atoms with Crippen molar-refractivity contribution in [2.24, 2.45) is 0 Å². The van der Waals surface area contributed by atoms with Gasteiger partial charge in [0.25, 0.3) is 0 Å². The Bertz CT molecular complexity index is 1910. The fourth-order valence-corrected chi connectivity index (χ4v) is 14.6. The van der Waals surface area contributed by atoms with Crippen molar-refractivity contribution in [3.8, 4) is 50.8 Å². The largest absolute Gasteiger partial charge is 0.144 e. The lowest BCUT2D eigenvalue weighted by molar-refractivity contribution is 0.652. The van der Waals surface area contributed by atoms with Crippen molar-refractivity contribution in [2.45, 2.75) is 156 Å². The second-order valence-electron chi connectivity index (χ2n) is 15.0. The quantitative estimate of drug-likeness (QED) is 0.0504. The van der Waals surface area contributed by atoms with E-state index in [1.807, 2.05) is 34.0 Å². The van der Waals surface area contributed by atoms with Crippen LogP contribution in [-0.2, 0) is 25.7 Å². The Labute approximate surface area is 351 Å². The Morgan fingerprint density at radius 2 is 0.889 bits per heavy atom. The Balaban J connectivity index is 1.60. The Morgan fingerprint density at radius 3 is 1.44 bits per heavy atom. The first-order chi connectivity index (χ1) is 26.7. The van der Waals surface area contributed by atoms with Crippen LogP contribution in [0.3, 0.4) is 0 Å². The maximum Gasteiger partial charge on any atom is 0.0549 e. The molecule has 6 aromatic heterocycles. The molecule has 6 heterocycles. The fraction of sp³-hybridized carbons (Fsp3) is 0.500. The van der Waals surface area contributed by atoms with Gasteiger partial charge in [-0.15, -0.1) is 68.0 Å². The molecule has 0 spiro atoms. The van der Waals surface area contributed by atoms with Crippen LogP contribution in [0.1, 0.15) is 152 Å². The van der Waals surface area contributed by atoms with Gasteiger partial charge in [0.05, 0.1) is 14.6 Å². The third-order valence-corrected chi connectivity index (χ3v) is 17.4. The van der Waals surface area contributed by atoms with E-state index in [2.05, 4.69) is 120 Å². The van der Waals surface area contributed by atoms with E-state index in [0.29, 0.717) is 0 Å². The van der Waals surface area contributed by atoms with Crippen molar-refractivity contribution in [2.75, 3.05) is 0 Å². The maximum atomic E-state index is 2.58. The van der Waals surface area contributed by atoms with E-state index in [0.717, 1.165) is 0 Å². The molecule has 0 radical (unpaired) electrons. The van der Waals surface area contributed by atoms with E-state index in [1.165, 1.54) is 164 Å². The zero-order chi connectivity index (χ0) is 37.5. The summed E-state index contributed by atoms with van der Waals surface area (Å²) in [6.07, 6.45) is 25.8. The minimum atomic E-state index is 1.20. The van der Waals surface area contributed by atoms with Gasteiger partial charge in [0.15, 0.2) is 0 Å². The molecule has 0 saturated heterocycles. The summed E-state index contributed by atoms with van der Waals surface area (Å²) in [5.41, 5.74) is 9.55. The molecule has 0 aliphatic heterocycles. The van der Waals surface area contributed by atoms with Gasteiger partial charge in [0.1, 0.15) is 0 Å². The molecule has 6 rings (SSSR count). The summed E-state index contributed by atoms with van der Waals surface area (Å²) in [4.78, 5) is 12.1. The smallest absolute Gasteiger partial charge is 0.0549 e. The molecule has 0 nitrogen and oxygen atoms in total. The molecule has 0 bridgehead atoms. The SMILES string of the molecule is CCCCCCc1csc(-c2c(-c3sc(CCCCCC)c(CCCCCC)c3-c3cccs3)sc(-c3cccs3)c2-c2cccs2)c1CCCCCC. The predicted octanol–water partition coefficient (Wildman–Crippen LogP) is 18.9. The monoisotopic (exact) mass is 830 g/mol. The molecule has 0 aliphatic rings. The number of thiophene rings is 6. The van der Waals surface area contributed by atoms with E-state index in [-0.39, 0.29) is 0 Å². The van der Waals surface area contributed by atoms with Gasteiger partial charge in [-0.2, -0.15) is 0 Å². The summed E-state index contributed by atoms with van der Waals surface area (Å²) in [7, 11) is 0. The lowest BCUT2D eigenvalue weighted by Gasteiger charge is -2.13. The Morgan fingerprint density at radius 1 is 0.389 bits per heavy atom. The van der Waals surface area contributed by atoms with Gasteiger partial charge in [-0.05, 0) is 108 Å². The van der Waals surface area contributed by atoms with Crippen LogP contribution in [0.4, 0.5) is 0 Å². The number of hydrogen-bond acceptors (Lipinski definition) is 6. The van der Waals surface area contributed by atoms with Gasteiger partial charge < -0.3 is 0 Å². The average molecular weight is 831 g/mol. The van der Waals surface area contributed by atoms with Crippen molar-refractivity contribution < 1.29 is 0 Å². The molecular formula is C48H62S6. The molecule has 290 valence electrons. The lowest BCUT2D eigenvalue weighted by Crippen LogP contribution is -1.95. The van der Waals surface area contributed by atoms with Gasteiger partial charge in [-0.3, -0.25) is 0 Å². The molecule has 0 saturated carbocycles. The Kier molecular flexibility index (Phi) is 17.2. The summed E-state index contributed by atoms with van der Waals surface area (Å²) >= 11 is 12.1. The second kappa shape index (κ2) is 22.2. The summed E-state index contributed by atoms with van der Waals surface area (Å²) in [5, 5.41) is 9.45. The molecule has 6 aromatic rings. The topological polar surface area (TPSA) is 0 Å². The molecule has 0 aliphatic carbocycles. The van der Waals surface area contributed by atoms with Crippen molar-refractivity contribution in [1.82, 2.24) is 0 Å². The van der Waals surface area contributed by atoms with Gasteiger partial charge in [-0.25, -0.2) is 0 Å². The first-order valence-corrected chi connectivity index (χ1v) is 26.4. The average Bonchev–Trinajstić information content (AvgIpc) is 4.04. The van der Waals surface area contributed by atoms with Gasteiger partial charge in [0.2, 0.25) is 0 Å². The molecule has 0 N–H and O–H groups in total. The maximum absolute atomic E-state index is 2.58. The summed E-state index contributed by atoms with van der Waals surface area (Å²) in [6.45, 7) is 9.35. The molecule has 0 amide bonds. The van der Waals surface area contributed by atoms with E-state index in [4.69, 9.17) is 0 Å². The molecule has 0 atom stereocenters. The third kappa shape index (κ3) is 10.4. The van der Waals surface area contributed by atoms with Crippen LogP contribution in [-0.4, -0.2) is 0 Å². The van der Waals surface area contributed by atoms with E-state index in [1.54, 1.807) is 36.9 Å². The molecule has 0 fully saturated rings. The van der Waals surface area contributed by atoms with Crippen molar-refractivity contribution >= 4 is 68.0 Å². The number of unbranched alkanes of at least 4 members (excludes halogenated alkanes) is 12. The van der Waals surface area contributed by atoms with Crippen molar-refractivity contribution in [1.29, 1.82) is 0 Å². The molecular weight excluding hydrogens is 769 g/mol. The van der Waals surface area contributed by atoms with E-state index in [9.17, 15) is 0 Å². The van der Waals surface area contributed by atoms with Crippen LogP contribution in [0.5, 0.6) is 0 Å². The van der Waals surface area contributed by atoms with E-state index < -0.39 is 0 Å². The fourth-order valence-electron chi connectivity index (χ4n) is 7.89. The van der Waals surface area contributed by atoms with Crippen LogP contribution < -0.4 is 0 Å². The standard InChI is InChI=1S/C48H62S6/c1-5-9-13-17-24-35-34-52-45(36(35)25-18-14-10-6-2)44-43(40-29-22-32-50-40)46(41-30-23-33-51-41)54-48(44)47-42(39-28-21-31-49-39)37(26-19-15-11-7-3)38(53-47)27-20-16-12-8-4/h21-23,28-34H,5-20,24-27H2,1-4H3. The van der Waals surface area contributed by atoms with Crippen LogP contribution in [0.15, 0.2) is 57.9 Å². The molecule has 6 heteroatoms. The van der Waals surface area contributed by atoms with Crippen LogP contribution >= 0.6 is 68.0 Å². The first-order valence-electron chi connectivity index (χ1n) is 21.2. The van der Waals surface area contributed by atoms with Crippen molar-refractivity contribution in [3.05, 3.63) is 79.5 Å². The third-order valence-electron chi connectivity index (χ3n) is 10.8. The lowest BCUT2D eigenvalue weighted by atomic mass is 9.93. The van der Waals surface area contributed by atoms with Crippen LogP contribution in [0.25, 0.3) is 50.8 Å². The van der Waals surface area contributed by atoms with Crippen LogP contribution in [0.2, 0.25) is 0 Å². The number of hydrogen-bond donors (Lipinski definition) is 0. The zero-order valence-corrected chi connectivity index (χ0v) is 38.3. The zero-order valence-electron chi connectivity index (χ0n) is 33.4. The highest BCUT2D eigenvalue weighted by molar-refractivity contribution is 7.28. The molecule has 0 unspecified atom stereocenters. The predicted molar refractivity (Wildman–Crippen MR) is 252 cm³/mol. The van der Waals surface area contributed by atoms with Crippen LogP contribution in [0, 0.1) is 0 Å².